The number of methoxy groups -OCH3 is 1. The molecule has 0 saturated carbocycles. The van der Waals surface area contributed by atoms with Crippen molar-refractivity contribution in [1.29, 1.82) is 0 Å². The summed E-state index contributed by atoms with van der Waals surface area (Å²) in [6.07, 6.45) is 1.83. The normalized spacial score (nSPS) is 11.7. The van der Waals surface area contributed by atoms with Crippen molar-refractivity contribution in [2.75, 3.05) is 7.11 Å². The van der Waals surface area contributed by atoms with Crippen LogP contribution in [-0.2, 0) is 0 Å². The summed E-state index contributed by atoms with van der Waals surface area (Å²) >= 11 is 0. The van der Waals surface area contributed by atoms with E-state index in [1.165, 1.54) is 25.3 Å². The predicted molar refractivity (Wildman–Crippen MR) is 71.5 cm³/mol. The molecule has 19 heavy (non-hydrogen) atoms. The first-order chi connectivity index (χ1) is 8.99. The Balaban J connectivity index is 2.92. The molecule has 1 N–H and O–H groups in total. The zero-order valence-corrected chi connectivity index (χ0v) is 11.3. The Kier molecular flexibility index (Phi) is 5.29. The lowest BCUT2D eigenvalue weighted by Crippen LogP contribution is -2.32. The number of carbonyl (C=O) groups is 1. The number of hydrogen-bond donors (Lipinski definition) is 1. The molecule has 0 heterocycles. The molecule has 1 amide bonds. The molecule has 1 aromatic carbocycles. The molecule has 0 bridgehead atoms. The van der Waals surface area contributed by atoms with Gasteiger partial charge in [0.1, 0.15) is 0 Å². The zero-order valence-electron chi connectivity index (χ0n) is 11.3. The van der Waals surface area contributed by atoms with E-state index in [0.29, 0.717) is 0 Å². The summed E-state index contributed by atoms with van der Waals surface area (Å²) in [7, 11) is 1.35. The van der Waals surface area contributed by atoms with Crippen LogP contribution in [0.2, 0.25) is 0 Å². The van der Waals surface area contributed by atoms with E-state index in [2.05, 4.69) is 5.32 Å². The highest BCUT2D eigenvalue weighted by Crippen LogP contribution is 2.27. The molecule has 0 aliphatic heterocycles. The van der Waals surface area contributed by atoms with Gasteiger partial charge in [-0.3, -0.25) is 14.9 Å². The molecule has 0 saturated heterocycles. The SMILES string of the molecule is CCCC(C)NC(=O)c1ccc(OC)c([N+](=O)[O-])c1. The Morgan fingerprint density at radius 1 is 1.53 bits per heavy atom. The van der Waals surface area contributed by atoms with Crippen LogP contribution in [0.5, 0.6) is 5.75 Å². The topological polar surface area (TPSA) is 81.5 Å². The minimum Gasteiger partial charge on any atom is -0.490 e. The number of hydrogen-bond acceptors (Lipinski definition) is 4. The van der Waals surface area contributed by atoms with Gasteiger partial charge in [0, 0.05) is 17.7 Å². The van der Waals surface area contributed by atoms with E-state index in [4.69, 9.17) is 4.74 Å². The number of amides is 1. The van der Waals surface area contributed by atoms with Crippen LogP contribution in [-0.4, -0.2) is 24.0 Å². The maximum Gasteiger partial charge on any atom is 0.311 e. The van der Waals surface area contributed by atoms with Crippen molar-refractivity contribution in [2.24, 2.45) is 0 Å². The van der Waals surface area contributed by atoms with Crippen molar-refractivity contribution < 1.29 is 14.5 Å². The molecule has 104 valence electrons. The predicted octanol–water partition coefficient (Wildman–Crippen LogP) is 2.52. The summed E-state index contributed by atoms with van der Waals surface area (Å²) < 4.78 is 4.89. The number of carbonyl (C=O) groups excluding carboxylic acids is 1. The number of nitro benzene ring substituents is 1. The Hall–Kier alpha value is -2.11. The summed E-state index contributed by atoms with van der Waals surface area (Å²) in [5.74, 6) is -0.171. The van der Waals surface area contributed by atoms with Gasteiger partial charge in [-0.2, -0.15) is 0 Å². The van der Waals surface area contributed by atoms with E-state index in [1.807, 2.05) is 13.8 Å². The number of nitrogens with one attached hydrogen (secondary N) is 1. The Bertz CT molecular complexity index is 474. The fourth-order valence-electron chi connectivity index (χ4n) is 1.79. The Morgan fingerprint density at radius 3 is 2.74 bits per heavy atom. The third-order valence-corrected chi connectivity index (χ3v) is 2.74. The zero-order chi connectivity index (χ0) is 14.4. The van der Waals surface area contributed by atoms with E-state index in [1.54, 1.807) is 0 Å². The standard InChI is InChI=1S/C13H18N2O4/c1-4-5-9(2)14-13(16)10-6-7-12(19-3)11(8-10)15(17)18/h6-9H,4-5H2,1-3H3,(H,14,16). The van der Waals surface area contributed by atoms with Crippen molar-refractivity contribution >= 4 is 11.6 Å². The molecule has 0 aliphatic carbocycles. The van der Waals surface area contributed by atoms with Crippen molar-refractivity contribution in [3.8, 4) is 5.75 Å². The second-order valence-electron chi connectivity index (χ2n) is 4.31. The lowest BCUT2D eigenvalue weighted by molar-refractivity contribution is -0.385. The highest BCUT2D eigenvalue weighted by atomic mass is 16.6. The van der Waals surface area contributed by atoms with Crippen molar-refractivity contribution in [3.05, 3.63) is 33.9 Å². The first-order valence-electron chi connectivity index (χ1n) is 6.12. The number of benzene rings is 1. The molecular formula is C13H18N2O4. The van der Waals surface area contributed by atoms with E-state index in [0.717, 1.165) is 12.8 Å². The average Bonchev–Trinajstić information content (AvgIpc) is 2.37. The van der Waals surface area contributed by atoms with E-state index in [9.17, 15) is 14.9 Å². The Labute approximate surface area is 111 Å². The van der Waals surface area contributed by atoms with E-state index in [-0.39, 0.29) is 28.9 Å². The smallest absolute Gasteiger partial charge is 0.311 e. The van der Waals surface area contributed by atoms with Crippen LogP contribution in [0.25, 0.3) is 0 Å². The van der Waals surface area contributed by atoms with Crippen LogP contribution in [0.3, 0.4) is 0 Å². The number of ether oxygens (including phenoxy) is 1. The van der Waals surface area contributed by atoms with Crippen LogP contribution >= 0.6 is 0 Å². The molecular weight excluding hydrogens is 248 g/mol. The first kappa shape index (κ1) is 14.9. The molecule has 0 aliphatic rings. The number of rotatable bonds is 6. The molecule has 6 heteroatoms. The van der Waals surface area contributed by atoms with Gasteiger partial charge in [-0.25, -0.2) is 0 Å². The summed E-state index contributed by atoms with van der Waals surface area (Å²) in [4.78, 5) is 22.2. The van der Waals surface area contributed by atoms with Crippen LogP contribution in [0.1, 0.15) is 37.0 Å². The summed E-state index contributed by atoms with van der Waals surface area (Å²) in [6, 6.07) is 4.21. The minimum atomic E-state index is -0.564. The van der Waals surface area contributed by atoms with Crippen LogP contribution in [0.15, 0.2) is 18.2 Å². The van der Waals surface area contributed by atoms with Crippen molar-refractivity contribution in [1.82, 2.24) is 5.32 Å². The van der Waals surface area contributed by atoms with Gasteiger partial charge in [-0.05, 0) is 25.5 Å². The fourth-order valence-corrected chi connectivity index (χ4v) is 1.79. The highest BCUT2D eigenvalue weighted by Gasteiger charge is 2.18. The fraction of sp³-hybridized carbons (Fsp3) is 0.462. The van der Waals surface area contributed by atoms with Gasteiger partial charge in [0.05, 0.1) is 12.0 Å². The maximum absolute atomic E-state index is 11.9. The molecule has 1 atom stereocenters. The van der Waals surface area contributed by atoms with Gasteiger partial charge in [0.2, 0.25) is 0 Å². The Morgan fingerprint density at radius 2 is 2.21 bits per heavy atom. The lowest BCUT2D eigenvalue weighted by atomic mass is 10.1. The maximum atomic E-state index is 11.9. The number of nitro groups is 1. The molecule has 0 spiro atoms. The van der Waals surface area contributed by atoms with E-state index < -0.39 is 4.92 Å². The molecule has 0 aromatic heterocycles. The van der Waals surface area contributed by atoms with Gasteiger partial charge >= 0.3 is 5.69 Å². The van der Waals surface area contributed by atoms with Gasteiger partial charge < -0.3 is 10.1 Å². The second kappa shape index (κ2) is 6.72. The second-order valence-corrected chi connectivity index (χ2v) is 4.31. The highest BCUT2D eigenvalue weighted by molar-refractivity contribution is 5.95. The van der Waals surface area contributed by atoms with Crippen LogP contribution in [0.4, 0.5) is 5.69 Å². The molecule has 0 radical (unpaired) electrons. The largest absolute Gasteiger partial charge is 0.490 e. The molecule has 6 nitrogen and oxygen atoms in total. The van der Waals surface area contributed by atoms with Gasteiger partial charge in [0.15, 0.2) is 5.75 Å². The molecule has 1 unspecified atom stereocenters. The molecule has 1 rings (SSSR count). The molecule has 1 aromatic rings. The first-order valence-corrected chi connectivity index (χ1v) is 6.12. The minimum absolute atomic E-state index is 0.0404. The van der Waals surface area contributed by atoms with Crippen LogP contribution < -0.4 is 10.1 Å². The van der Waals surface area contributed by atoms with Crippen LogP contribution in [0, 0.1) is 10.1 Å². The van der Waals surface area contributed by atoms with E-state index >= 15 is 0 Å². The monoisotopic (exact) mass is 266 g/mol. The van der Waals surface area contributed by atoms with Crippen molar-refractivity contribution in [3.63, 3.8) is 0 Å². The quantitative estimate of drug-likeness (QED) is 0.633. The average molecular weight is 266 g/mol. The summed E-state index contributed by atoms with van der Waals surface area (Å²) in [5, 5.41) is 13.7. The third-order valence-electron chi connectivity index (χ3n) is 2.74. The number of nitrogens with zero attached hydrogens (tertiary/aromatic N) is 1. The third kappa shape index (κ3) is 3.94. The van der Waals surface area contributed by atoms with Gasteiger partial charge in [-0.1, -0.05) is 13.3 Å². The van der Waals surface area contributed by atoms with Gasteiger partial charge in [-0.15, -0.1) is 0 Å². The lowest BCUT2D eigenvalue weighted by Gasteiger charge is -2.12. The van der Waals surface area contributed by atoms with Crippen molar-refractivity contribution in [2.45, 2.75) is 32.7 Å². The summed E-state index contributed by atoms with van der Waals surface area (Å²) in [5.41, 5.74) is 0.0498. The summed E-state index contributed by atoms with van der Waals surface area (Å²) in [6.45, 7) is 3.93. The van der Waals surface area contributed by atoms with Gasteiger partial charge in [0.25, 0.3) is 5.91 Å². The molecule has 0 fully saturated rings.